The topological polar surface area (TPSA) is 94.2 Å². The lowest BCUT2D eigenvalue weighted by Gasteiger charge is -2.36. The van der Waals surface area contributed by atoms with Crippen LogP contribution in [0.3, 0.4) is 0 Å². The van der Waals surface area contributed by atoms with E-state index in [-0.39, 0.29) is 11.3 Å². The number of fused-ring (bicyclic) bond motifs is 1. The minimum Gasteiger partial charge on any atom is -0.368 e. The number of hydrogen-bond donors (Lipinski definition) is 2. The molecule has 0 radical (unpaired) electrons. The molecule has 1 fully saturated rings. The van der Waals surface area contributed by atoms with E-state index in [0.29, 0.717) is 60.5 Å². The van der Waals surface area contributed by atoms with Crippen LogP contribution in [0.4, 0.5) is 5.69 Å². The molecule has 0 aromatic carbocycles. The van der Waals surface area contributed by atoms with Gasteiger partial charge in [0.1, 0.15) is 5.69 Å². The maximum Gasteiger partial charge on any atom is 0.269 e. The van der Waals surface area contributed by atoms with Gasteiger partial charge in [0.15, 0.2) is 0 Å². The Bertz CT molecular complexity index is 1350. The SMILES string of the molecule is [2H]C([2H])([2H])NC(=O)c1ccc(N2CCN(C([2H])([2H])c3cnc4cc(CC)c(=O)[nH]c4c3)CC2)c(C)n1. The van der Waals surface area contributed by atoms with Crippen LogP contribution in [0, 0.1) is 6.92 Å². The predicted molar refractivity (Wildman–Crippen MR) is 122 cm³/mol. The van der Waals surface area contributed by atoms with Crippen molar-refractivity contribution in [1.82, 2.24) is 25.2 Å². The summed E-state index contributed by atoms with van der Waals surface area (Å²) in [5.41, 5.74) is 3.34. The number of amides is 1. The number of aryl methyl sites for hydroxylation is 2. The summed E-state index contributed by atoms with van der Waals surface area (Å²) < 4.78 is 39.1. The molecule has 2 N–H and O–H groups in total. The Morgan fingerprint density at radius 2 is 2.10 bits per heavy atom. The minimum atomic E-state index is -2.59. The predicted octanol–water partition coefficient (Wildman–Crippen LogP) is 1.87. The van der Waals surface area contributed by atoms with E-state index in [4.69, 9.17) is 6.85 Å². The number of nitrogens with one attached hydrogen (secondary N) is 2. The second-order valence-corrected chi connectivity index (χ2v) is 7.48. The van der Waals surface area contributed by atoms with E-state index in [1.54, 1.807) is 30.0 Å². The van der Waals surface area contributed by atoms with Crippen molar-refractivity contribution in [3.63, 3.8) is 0 Å². The largest absolute Gasteiger partial charge is 0.368 e. The molecule has 0 bridgehead atoms. The molecule has 1 amide bonds. The third kappa shape index (κ3) is 4.44. The van der Waals surface area contributed by atoms with Crippen molar-refractivity contribution in [1.29, 1.82) is 0 Å². The van der Waals surface area contributed by atoms with Gasteiger partial charge in [0, 0.05) is 58.3 Å². The third-order valence-electron chi connectivity index (χ3n) is 5.46. The van der Waals surface area contributed by atoms with E-state index in [2.05, 4.69) is 19.9 Å². The number of H-pyrrole nitrogens is 1. The number of rotatable bonds is 5. The molecule has 1 aliphatic rings. The minimum absolute atomic E-state index is 0.0234. The Kier molecular flexibility index (Phi) is 4.43. The number of aromatic amines is 1. The molecule has 8 heteroatoms. The molecule has 4 rings (SSSR count). The van der Waals surface area contributed by atoms with Gasteiger partial charge >= 0.3 is 0 Å². The maximum atomic E-state index is 12.2. The summed E-state index contributed by atoms with van der Waals surface area (Å²) in [7, 11) is 0. The van der Waals surface area contributed by atoms with Crippen LogP contribution in [-0.2, 0) is 12.9 Å². The number of nitrogens with zero attached hydrogens (tertiary/aromatic N) is 4. The molecule has 0 atom stereocenters. The molecular formula is C23H28N6O2. The molecule has 162 valence electrons. The second-order valence-electron chi connectivity index (χ2n) is 7.48. The highest BCUT2D eigenvalue weighted by molar-refractivity contribution is 5.92. The van der Waals surface area contributed by atoms with Crippen molar-refractivity contribution >= 4 is 22.6 Å². The maximum absolute atomic E-state index is 12.2. The van der Waals surface area contributed by atoms with Crippen molar-refractivity contribution in [2.24, 2.45) is 0 Å². The number of carbonyl (C=O) groups is 1. The van der Waals surface area contributed by atoms with Crippen LogP contribution in [0.2, 0.25) is 0 Å². The first-order valence-electron chi connectivity index (χ1n) is 12.7. The lowest BCUT2D eigenvalue weighted by atomic mass is 10.1. The van der Waals surface area contributed by atoms with Crippen molar-refractivity contribution in [3.05, 3.63) is 63.3 Å². The summed E-state index contributed by atoms with van der Waals surface area (Å²) in [6.07, 6.45) is 2.11. The van der Waals surface area contributed by atoms with E-state index in [9.17, 15) is 9.59 Å². The summed E-state index contributed by atoms with van der Waals surface area (Å²) >= 11 is 0. The van der Waals surface area contributed by atoms with Gasteiger partial charge in [-0.2, -0.15) is 0 Å². The fraction of sp³-hybridized carbons (Fsp3) is 0.391. The Hall–Kier alpha value is -3.26. The van der Waals surface area contributed by atoms with Gasteiger partial charge < -0.3 is 15.2 Å². The number of anilines is 1. The Balaban J connectivity index is 1.47. The van der Waals surface area contributed by atoms with Crippen LogP contribution in [0.15, 0.2) is 35.3 Å². The van der Waals surface area contributed by atoms with Gasteiger partial charge in [-0.1, -0.05) is 6.92 Å². The van der Waals surface area contributed by atoms with Crippen molar-refractivity contribution < 1.29 is 11.6 Å². The normalized spacial score (nSPS) is 18.0. The van der Waals surface area contributed by atoms with E-state index >= 15 is 0 Å². The van der Waals surface area contributed by atoms with E-state index in [1.165, 1.54) is 12.3 Å². The monoisotopic (exact) mass is 425 g/mol. The summed E-state index contributed by atoms with van der Waals surface area (Å²) in [6, 6.07) is 6.60. The van der Waals surface area contributed by atoms with Crippen LogP contribution < -0.4 is 15.8 Å². The first-order valence-corrected chi connectivity index (χ1v) is 10.2. The van der Waals surface area contributed by atoms with Gasteiger partial charge in [-0.25, -0.2) is 4.98 Å². The highest BCUT2D eigenvalue weighted by atomic mass is 16.1. The van der Waals surface area contributed by atoms with Gasteiger partial charge in [-0.05, 0) is 43.2 Å². The number of piperazine rings is 1. The van der Waals surface area contributed by atoms with Gasteiger partial charge in [-0.15, -0.1) is 0 Å². The lowest BCUT2D eigenvalue weighted by Crippen LogP contribution is -2.46. The molecule has 8 nitrogen and oxygen atoms in total. The van der Waals surface area contributed by atoms with Crippen molar-refractivity contribution in [2.45, 2.75) is 26.8 Å². The van der Waals surface area contributed by atoms with E-state index in [0.717, 1.165) is 5.69 Å². The smallest absolute Gasteiger partial charge is 0.269 e. The molecule has 0 saturated carbocycles. The molecule has 1 aliphatic heterocycles. The Morgan fingerprint density at radius 3 is 2.81 bits per heavy atom. The van der Waals surface area contributed by atoms with Crippen molar-refractivity contribution in [2.75, 3.05) is 38.1 Å². The molecule has 4 heterocycles. The number of carbonyl (C=O) groups excluding carboxylic acids is 1. The Morgan fingerprint density at radius 1 is 1.29 bits per heavy atom. The summed E-state index contributed by atoms with van der Waals surface area (Å²) in [4.78, 5) is 39.5. The standard InChI is InChI=1S/C23H28N6O2/c1-4-17-12-19-20(27-22(17)30)11-16(13-25-19)14-28-7-9-29(10-8-28)21-6-5-18(23(31)24-3)26-15(21)2/h5-6,11-13H,4,7-10,14H2,1-3H3,(H,24,31)(H,27,30)/i3D3,14D2. The van der Waals surface area contributed by atoms with Gasteiger partial charge in [0.05, 0.1) is 22.4 Å². The zero-order valence-corrected chi connectivity index (χ0v) is 17.5. The summed E-state index contributed by atoms with van der Waals surface area (Å²) in [6.45, 7) is 1.17. The molecule has 0 spiro atoms. The number of aromatic nitrogens is 3. The zero-order chi connectivity index (χ0) is 26.3. The van der Waals surface area contributed by atoms with Crippen LogP contribution >= 0.6 is 0 Å². The first-order chi connectivity index (χ1) is 16.9. The highest BCUT2D eigenvalue weighted by Gasteiger charge is 2.20. The molecular weight excluding hydrogens is 392 g/mol. The molecule has 3 aromatic heterocycles. The second kappa shape index (κ2) is 8.85. The molecule has 0 aliphatic carbocycles. The first kappa shape index (κ1) is 15.5. The average Bonchev–Trinajstić information content (AvgIpc) is 2.82. The zero-order valence-electron chi connectivity index (χ0n) is 22.5. The Labute approximate surface area is 188 Å². The van der Waals surface area contributed by atoms with Gasteiger partial charge in [-0.3, -0.25) is 19.5 Å². The van der Waals surface area contributed by atoms with E-state index < -0.39 is 19.4 Å². The molecule has 3 aromatic rings. The number of pyridine rings is 3. The fourth-order valence-electron chi connectivity index (χ4n) is 3.77. The highest BCUT2D eigenvalue weighted by Crippen LogP contribution is 2.21. The van der Waals surface area contributed by atoms with Crippen LogP contribution in [0.1, 0.15) is 41.1 Å². The molecule has 1 saturated heterocycles. The van der Waals surface area contributed by atoms with Gasteiger partial charge in [0.2, 0.25) is 0 Å². The van der Waals surface area contributed by atoms with Crippen LogP contribution in [0.25, 0.3) is 11.0 Å². The molecule has 0 unspecified atom stereocenters. The summed E-state index contributed by atoms with van der Waals surface area (Å²) in [5, 5.41) is 1.93. The van der Waals surface area contributed by atoms with Crippen molar-refractivity contribution in [3.8, 4) is 0 Å². The summed E-state index contributed by atoms with van der Waals surface area (Å²) in [5.74, 6) is -0.765. The van der Waals surface area contributed by atoms with E-state index in [1.807, 2.05) is 12.2 Å². The average molecular weight is 426 g/mol. The van der Waals surface area contributed by atoms with Gasteiger partial charge in [0.25, 0.3) is 11.5 Å². The quantitative estimate of drug-likeness (QED) is 0.648. The number of hydrogen-bond acceptors (Lipinski definition) is 6. The lowest BCUT2D eigenvalue weighted by molar-refractivity contribution is 0.0958. The van der Waals surface area contributed by atoms with Crippen LogP contribution in [-0.4, -0.2) is 58.9 Å². The fourth-order valence-corrected chi connectivity index (χ4v) is 3.77. The third-order valence-corrected chi connectivity index (χ3v) is 5.46. The van der Waals surface area contributed by atoms with Crippen LogP contribution in [0.5, 0.6) is 0 Å². The molecule has 31 heavy (non-hydrogen) atoms.